The van der Waals surface area contributed by atoms with Gasteiger partial charge in [-0.3, -0.25) is 0 Å². The first-order valence-electron chi connectivity index (χ1n) is 4.93. The Bertz CT molecular complexity index is 486. The first kappa shape index (κ1) is 10.9. The van der Waals surface area contributed by atoms with E-state index in [1.807, 2.05) is 30.3 Å². The van der Waals surface area contributed by atoms with Crippen molar-refractivity contribution < 1.29 is 4.39 Å². The summed E-state index contributed by atoms with van der Waals surface area (Å²) in [5.74, 6) is 0. The molecule has 2 rings (SSSR count). The van der Waals surface area contributed by atoms with E-state index in [9.17, 15) is 4.39 Å². The summed E-state index contributed by atoms with van der Waals surface area (Å²) in [5, 5.41) is 0.648. The average Bonchev–Trinajstić information content (AvgIpc) is 2.34. The molecule has 0 spiro atoms. The number of rotatable bonds is 2. The molecule has 0 nitrogen and oxygen atoms in total. The van der Waals surface area contributed by atoms with Crippen LogP contribution in [0.15, 0.2) is 60.9 Å². The van der Waals surface area contributed by atoms with Gasteiger partial charge >= 0.3 is 0 Å². The first-order valence-corrected chi connectivity index (χ1v) is 5.31. The van der Waals surface area contributed by atoms with Crippen LogP contribution in [0.3, 0.4) is 0 Å². The van der Waals surface area contributed by atoms with Crippen LogP contribution in [0.1, 0.15) is 11.1 Å². The Balaban J connectivity index is 2.42. The summed E-state index contributed by atoms with van der Waals surface area (Å²) >= 11 is 5.79. The van der Waals surface area contributed by atoms with Crippen molar-refractivity contribution in [2.45, 2.75) is 0 Å². The zero-order valence-corrected chi connectivity index (χ0v) is 9.29. The van der Waals surface area contributed by atoms with Crippen LogP contribution in [0.25, 0.3) is 5.57 Å². The topological polar surface area (TPSA) is 0 Å². The Kier molecular flexibility index (Phi) is 3.37. The van der Waals surface area contributed by atoms with Gasteiger partial charge in [-0.2, -0.15) is 0 Å². The highest BCUT2D eigenvalue weighted by atomic mass is 35.5. The van der Waals surface area contributed by atoms with E-state index in [2.05, 4.69) is 0 Å². The maximum absolute atomic E-state index is 12.9. The second-order valence-corrected chi connectivity index (χ2v) is 3.83. The zero-order valence-electron chi connectivity index (χ0n) is 8.53. The lowest BCUT2D eigenvalue weighted by molar-refractivity contribution is 0.724. The van der Waals surface area contributed by atoms with Crippen molar-refractivity contribution in [3.63, 3.8) is 0 Å². The summed E-state index contributed by atoms with van der Waals surface area (Å²) in [5.41, 5.74) is 2.24. The van der Waals surface area contributed by atoms with Crippen LogP contribution < -0.4 is 0 Å². The van der Waals surface area contributed by atoms with Gasteiger partial charge in [0, 0.05) is 10.6 Å². The summed E-state index contributed by atoms with van der Waals surface area (Å²) in [7, 11) is 0. The number of halogens is 2. The fourth-order valence-electron chi connectivity index (χ4n) is 1.54. The highest BCUT2D eigenvalue weighted by Gasteiger charge is 2.04. The summed E-state index contributed by atoms with van der Waals surface area (Å²) in [6.45, 7) is 0. The normalized spacial score (nSPS) is 11.5. The van der Waals surface area contributed by atoms with E-state index in [0.29, 0.717) is 16.9 Å². The third kappa shape index (κ3) is 2.31. The van der Waals surface area contributed by atoms with Gasteiger partial charge in [0.05, 0.1) is 6.33 Å². The van der Waals surface area contributed by atoms with Gasteiger partial charge in [0.25, 0.3) is 0 Å². The molecule has 0 fully saturated rings. The fraction of sp³-hybridized carbons (Fsp3) is 0. The van der Waals surface area contributed by atoms with Crippen LogP contribution in [0.4, 0.5) is 4.39 Å². The molecule has 0 aliphatic carbocycles. The Hall–Kier alpha value is -1.60. The molecule has 2 aromatic carbocycles. The Labute approximate surface area is 99.0 Å². The maximum Gasteiger partial charge on any atom is 0.0951 e. The van der Waals surface area contributed by atoms with Gasteiger partial charge in [-0.05, 0) is 23.3 Å². The molecule has 80 valence electrons. The van der Waals surface area contributed by atoms with Gasteiger partial charge in [-0.15, -0.1) is 0 Å². The highest BCUT2D eigenvalue weighted by molar-refractivity contribution is 6.30. The molecule has 0 aromatic heterocycles. The van der Waals surface area contributed by atoms with Crippen molar-refractivity contribution in [2.75, 3.05) is 0 Å². The van der Waals surface area contributed by atoms with E-state index in [0.717, 1.165) is 11.1 Å². The van der Waals surface area contributed by atoms with E-state index < -0.39 is 0 Å². The SMILES string of the molecule is F/C=C(/c1ccccc1)c1ccc(Cl)cc1. The predicted octanol–water partition coefficient (Wildman–Crippen LogP) is 4.70. The standard InChI is InChI=1S/C14H10ClF/c15-13-8-6-12(7-9-13)14(10-16)11-4-2-1-3-5-11/h1-10H/b14-10-. The van der Waals surface area contributed by atoms with Crippen LogP contribution in [0.2, 0.25) is 5.02 Å². The van der Waals surface area contributed by atoms with Crippen molar-refractivity contribution in [3.05, 3.63) is 77.1 Å². The van der Waals surface area contributed by atoms with Crippen molar-refractivity contribution >= 4 is 17.2 Å². The molecule has 0 N–H and O–H groups in total. The lowest BCUT2D eigenvalue weighted by atomic mass is 10.00. The van der Waals surface area contributed by atoms with Gasteiger partial charge in [0.1, 0.15) is 0 Å². The minimum absolute atomic E-state index is 0.567. The molecule has 0 aliphatic rings. The van der Waals surface area contributed by atoms with E-state index in [4.69, 9.17) is 11.6 Å². The van der Waals surface area contributed by atoms with Gasteiger partial charge in [0.2, 0.25) is 0 Å². The lowest BCUT2D eigenvalue weighted by Gasteiger charge is -2.06. The van der Waals surface area contributed by atoms with Crippen LogP contribution in [-0.4, -0.2) is 0 Å². The van der Waals surface area contributed by atoms with Crippen LogP contribution in [-0.2, 0) is 0 Å². The van der Waals surface area contributed by atoms with Crippen molar-refractivity contribution in [1.82, 2.24) is 0 Å². The molecule has 0 saturated heterocycles. The maximum atomic E-state index is 12.9. The Morgan fingerprint density at radius 3 is 2.00 bits per heavy atom. The Morgan fingerprint density at radius 1 is 0.875 bits per heavy atom. The molecule has 0 saturated carbocycles. The quantitative estimate of drug-likeness (QED) is 0.704. The van der Waals surface area contributed by atoms with Gasteiger partial charge < -0.3 is 0 Å². The van der Waals surface area contributed by atoms with E-state index >= 15 is 0 Å². The third-order valence-corrected chi connectivity index (χ3v) is 2.60. The van der Waals surface area contributed by atoms with Crippen molar-refractivity contribution in [1.29, 1.82) is 0 Å². The second-order valence-electron chi connectivity index (χ2n) is 3.40. The molecule has 0 aliphatic heterocycles. The van der Waals surface area contributed by atoms with Crippen LogP contribution >= 0.6 is 11.6 Å². The highest BCUT2D eigenvalue weighted by Crippen LogP contribution is 2.24. The van der Waals surface area contributed by atoms with E-state index in [-0.39, 0.29) is 0 Å². The van der Waals surface area contributed by atoms with Crippen molar-refractivity contribution in [2.24, 2.45) is 0 Å². The second kappa shape index (κ2) is 4.95. The molecule has 2 aromatic rings. The molecular weight excluding hydrogens is 223 g/mol. The first-order chi connectivity index (χ1) is 7.81. The monoisotopic (exact) mass is 232 g/mol. The molecule has 16 heavy (non-hydrogen) atoms. The summed E-state index contributed by atoms with van der Waals surface area (Å²) in [4.78, 5) is 0. The molecule has 0 radical (unpaired) electrons. The fourth-order valence-corrected chi connectivity index (χ4v) is 1.67. The van der Waals surface area contributed by atoms with Gasteiger partial charge in [-0.1, -0.05) is 54.1 Å². The lowest BCUT2D eigenvalue weighted by Crippen LogP contribution is -1.86. The van der Waals surface area contributed by atoms with Crippen molar-refractivity contribution in [3.8, 4) is 0 Å². The van der Waals surface area contributed by atoms with E-state index in [1.54, 1.807) is 24.3 Å². The van der Waals surface area contributed by atoms with Gasteiger partial charge in [-0.25, -0.2) is 4.39 Å². The molecule has 0 atom stereocenters. The molecular formula is C14H10ClF. The minimum atomic E-state index is 0.567. The summed E-state index contributed by atoms with van der Waals surface area (Å²) in [6, 6.07) is 16.5. The van der Waals surface area contributed by atoms with E-state index in [1.165, 1.54) is 0 Å². The van der Waals surface area contributed by atoms with Crippen LogP contribution in [0, 0.1) is 0 Å². The summed E-state index contributed by atoms with van der Waals surface area (Å²) in [6.07, 6.45) is 0.624. The number of hydrogen-bond donors (Lipinski definition) is 0. The minimum Gasteiger partial charge on any atom is -0.215 e. The zero-order chi connectivity index (χ0) is 11.4. The third-order valence-electron chi connectivity index (χ3n) is 2.35. The molecule has 0 amide bonds. The molecule has 2 heteroatoms. The smallest absolute Gasteiger partial charge is 0.0951 e. The number of hydrogen-bond acceptors (Lipinski definition) is 0. The largest absolute Gasteiger partial charge is 0.215 e. The molecule has 0 bridgehead atoms. The molecule has 0 unspecified atom stereocenters. The Morgan fingerprint density at radius 2 is 1.44 bits per heavy atom. The van der Waals surface area contributed by atoms with Gasteiger partial charge in [0.15, 0.2) is 0 Å². The average molecular weight is 233 g/mol. The predicted molar refractivity (Wildman–Crippen MR) is 66.1 cm³/mol. The van der Waals surface area contributed by atoms with Crippen LogP contribution in [0.5, 0.6) is 0 Å². The molecule has 0 heterocycles. The summed E-state index contributed by atoms with van der Waals surface area (Å²) < 4.78 is 12.9. The number of benzene rings is 2.